The highest BCUT2D eigenvalue weighted by atomic mass is 32.2. The van der Waals surface area contributed by atoms with E-state index in [1.54, 1.807) is 26.0 Å². The van der Waals surface area contributed by atoms with Crippen molar-refractivity contribution >= 4 is 15.7 Å². The molecular weight excluding hydrogens is 278 g/mol. The highest BCUT2D eigenvalue weighted by Gasteiger charge is 2.33. The van der Waals surface area contributed by atoms with Crippen LogP contribution in [0.1, 0.15) is 11.1 Å². The Balaban J connectivity index is 2.46. The number of hydrogen-bond acceptors (Lipinski definition) is 5. The fraction of sp³-hybridized carbons (Fsp3) is 0.462. The molecule has 1 aromatic carbocycles. The van der Waals surface area contributed by atoms with Gasteiger partial charge in [-0.2, -0.15) is 9.57 Å². The minimum Gasteiger partial charge on any atom is -0.397 e. The highest BCUT2D eigenvalue weighted by molar-refractivity contribution is 7.89. The maximum absolute atomic E-state index is 12.7. The summed E-state index contributed by atoms with van der Waals surface area (Å²) in [6, 6.07) is 5.47. The van der Waals surface area contributed by atoms with E-state index >= 15 is 0 Å². The molecule has 0 amide bonds. The van der Waals surface area contributed by atoms with Crippen LogP contribution in [0.2, 0.25) is 0 Å². The predicted octanol–water partition coefficient (Wildman–Crippen LogP) is 0.799. The van der Waals surface area contributed by atoms with Crippen LogP contribution in [0.25, 0.3) is 0 Å². The molecule has 1 aliphatic heterocycles. The SMILES string of the molecule is Cc1ccc(C)c(S(=O)(=O)N2CCOC(C#N)C2)c1N. The number of nitriles is 1. The molecule has 6 nitrogen and oxygen atoms in total. The van der Waals surface area contributed by atoms with Gasteiger partial charge in [0.05, 0.1) is 24.9 Å². The van der Waals surface area contributed by atoms with Crippen LogP contribution in [0.3, 0.4) is 0 Å². The van der Waals surface area contributed by atoms with Crippen molar-refractivity contribution in [1.82, 2.24) is 4.31 Å². The number of aryl methyl sites for hydroxylation is 2. The van der Waals surface area contributed by atoms with E-state index in [1.807, 2.05) is 6.07 Å². The van der Waals surface area contributed by atoms with Crippen molar-refractivity contribution in [2.45, 2.75) is 24.8 Å². The molecule has 20 heavy (non-hydrogen) atoms. The molecule has 108 valence electrons. The maximum Gasteiger partial charge on any atom is 0.245 e. The molecule has 1 saturated heterocycles. The first-order valence-electron chi connectivity index (χ1n) is 6.25. The summed E-state index contributed by atoms with van der Waals surface area (Å²) in [6.45, 7) is 3.96. The van der Waals surface area contributed by atoms with Crippen LogP contribution in [0.4, 0.5) is 5.69 Å². The fourth-order valence-electron chi connectivity index (χ4n) is 2.20. The zero-order valence-corrected chi connectivity index (χ0v) is 12.3. The molecule has 0 saturated carbocycles. The van der Waals surface area contributed by atoms with E-state index < -0.39 is 16.1 Å². The summed E-state index contributed by atoms with van der Waals surface area (Å²) in [5, 5.41) is 8.88. The Kier molecular flexibility index (Phi) is 3.99. The van der Waals surface area contributed by atoms with E-state index in [0.717, 1.165) is 5.56 Å². The molecule has 2 N–H and O–H groups in total. The normalized spacial score (nSPS) is 20.6. The Labute approximate surface area is 118 Å². The third-order valence-corrected chi connectivity index (χ3v) is 5.45. The van der Waals surface area contributed by atoms with E-state index in [2.05, 4.69) is 0 Å². The lowest BCUT2D eigenvalue weighted by Gasteiger charge is -2.30. The Bertz CT molecular complexity index is 664. The Morgan fingerprint density at radius 2 is 2.05 bits per heavy atom. The Morgan fingerprint density at radius 1 is 1.40 bits per heavy atom. The van der Waals surface area contributed by atoms with Crippen molar-refractivity contribution in [3.63, 3.8) is 0 Å². The van der Waals surface area contributed by atoms with Gasteiger partial charge in [0.15, 0.2) is 6.10 Å². The summed E-state index contributed by atoms with van der Waals surface area (Å²) >= 11 is 0. The molecule has 0 aromatic heterocycles. The number of benzene rings is 1. The lowest BCUT2D eigenvalue weighted by atomic mass is 10.1. The van der Waals surface area contributed by atoms with Crippen molar-refractivity contribution in [3.8, 4) is 6.07 Å². The Hall–Kier alpha value is -1.62. The van der Waals surface area contributed by atoms with Crippen molar-refractivity contribution in [2.75, 3.05) is 25.4 Å². The second-order valence-electron chi connectivity index (χ2n) is 4.79. The first-order valence-corrected chi connectivity index (χ1v) is 7.69. The molecule has 0 bridgehead atoms. The minimum atomic E-state index is -3.71. The molecule has 1 unspecified atom stereocenters. The number of nitrogens with two attached hydrogens (primary N) is 1. The maximum atomic E-state index is 12.7. The van der Waals surface area contributed by atoms with Crippen LogP contribution < -0.4 is 5.73 Å². The standard InChI is InChI=1S/C13H17N3O3S/c1-9-3-4-10(2)13(12(9)15)20(17,18)16-5-6-19-11(7-14)8-16/h3-4,11H,5-6,8,15H2,1-2H3. The molecule has 1 aromatic rings. The minimum absolute atomic E-state index is 0.0334. The average Bonchev–Trinajstić information content (AvgIpc) is 2.43. The van der Waals surface area contributed by atoms with Crippen LogP contribution in [-0.2, 0) is 14.8 Å². The van der Waals surface area contributed by atoms with E-state index in [4.69, 9.17) is 15.7 Å². The van der Waals surface area contributed by atoms with Crippen LogP contribution in [0, 0.1) is 25.2 Å². The van der Waals surface area contributed by atoms with Gasteiger partial charge in [0, 0.05) is 6.54 Å². The Morgan fingerprint density at radius 3 is 2.70 bits per heavy atom. The van der Waals surface area contributed by atoms with Crippen molar-refractivity contribution in [3.05, 3.63) is 23.3 Å². The summed E-state index contributed by atoms with van der Waals surface area (Å²) in [5.74, 6) is 0. The summed E-state index contributed by atoms with van der Waals surface area (Å²) < 4.78 is 31.9. The first kappa shape index (κ1) is 14.8. The van der Waals surface area contributed by atoms with Gasteiger partial charge in [-0.25, -0.2) is 8.42 Å². The van der Waals surface area contributed by atoms with Gasteiger partial charge in [-0.1, -0.05) is 12.1 Å². The van der Waals surface area contributed by atoms with Gasteiger partial charge in [-0.15, -0.1) is 0 Å². The smallest absolute Gasteiger partial charge is 0.245 e. The summed E-state index contributed by atoms with van der Waals surface area (Å²) in [5.41, 5.74) is 7.54. The molecule has 1 aliphatic rings. The van der Waals surface area contributed by atoms with Gasteiger partial charge >= 0.3 is 0 Å². The van der Waals surface area contributed by atoms with E-state index in [9.17, 15) is 8.42 Å². The molecule has 0 spiro atoms. The molecule has 1 atom stereocenters. The monoisotopic (exact) mass is 295 g/mol. The van der Waals surface area contributed by atoms with E-state index in [0.29, 0.717) is 5.56 Å². The van der Waals surface area contributed by atoms with Crippen LogP contribution in [0.15, 0.2) is 17.0 Å². The zero-order valence-electron chi connectivity index (χ0n) is 11.5. The molecule has 0 aliphatic carbocycles. The number of ether oxygens (including phenoxy) is 1. The van der Waals surface area contributed by atoms with Crippen molar-refractivity contribution < 1.29 is 13.2 Å². The summed E-state index contributed by atoms with van der Waals surface area (Å²) in [6.07, 6.45) is -0.732. The van der Waals surface area contributed by atoms with E-state index in [1.165, 1.54) is 4.31 Å². The molecule has 0 radical (unpaired) electrons. The quantitative estimate of drug-likeness (QED) is 0.814. The lowest BCUT2D eigenvalue weighted by Crippen LogP contribution is -2.45. The average molecular weight is 295 g/mol. The number of anilines is 1. The van der Waals surface area contributed by atoms with Gasteiger partial charge in [0.25, 0.3) is 0 Å². The van der Waals surface area contributed by atoms with Crippen LogP contribution >= 0.6 is 0 Å². The largest absolute Gasteiger partial charge is 0.397 e. The van der Waals surface area contributed by atoms with Gasteiger partial charge in [-0.05, 0) is 25.0 Å². The number of morpholine rings is 1. The first-order chi connectivity index (χ1) is 9.37. The number of rotatable bonds is 2. The molecule has 1 heterocycles. The second-order valence-corrected chi connectivity index (χ2v) is 6.67. The van der Waals surface area contributed by atoms with Crippen molar-refractivity contribution in [1.29, 1.82) is 5.26 Å². The lowest BCUT2D eigenvalue weighted by molar-refractivity contribution is 0.0311. The molecule has 7 heteroatoms. The zero-order chi connectivity index (χ0) is 14.9. The number of nitrogen functional groups attached to an aromatic ring is 1. The van der Waals surface area contributed by atoms with Crippen LogP contribution in [0.5, 0.6) is 0 Å². The number of sulfonamides is 1. The van der Waals surface area contributed by atoms with Gasteiger partial charge in [0.2, 0.25) is 10.0 Å². The second kappa shape index (κ2) is 5.40. The van der Waals surface area contributed by atoms with Gasteiger partial charge in [0.1, 0.15) is 4.90 Å². The van der Waals surface area contributed by atoms with Gasteiger partial charge in [-0.3, -0.25) is 0 Å². The third kappa shape index (κ3) is 2.50. The fourth-order valence-corrected chi connectivity index (χ4v) is 4.02. The topological polar surface area (TPSA) is 96.4 Å². The molecule has 2 rings (SSSR count). The summed E-state index contributed by atoms with van der Waals surface area (Å²) in [4.78, 5) is 0.135. The van der Waals surface area contributed by atoms with Gasteiger partial charge < -0.3 is 10.5 Å². The van der Waals surface area contributed by atoms with E-state index in [-0.39, 0.29) is 30.3 Å². The van der Waals surface area contributed by atoms with Crippen LogP contribution in [-0.4, -0.2) is 38.5 Å². The molecule has 1 fully saturated rings. The van der Waals surface area contributed by atoms with Crippen molar-refractivity contribution in [2.24, 2.45) is 0 Å². The highest BCUT2D eigenvalue weighted by Crippen LogP contribution is 2.29. The predicted molar refractivity (Wildman–Crippen MR) is 74.4 cm³/mol. The number of nitrogens with zero attached hydrogens (tertiary/aromatic N) is 2. The number of hydrogen-bond donors (Lipinski definition) is 1. The third-order valence-electron chi connectivity index (χ3n) is 3.38. The summed E-state index contributed by atoms with van der Waals surface area (Å²) in [7, 11) is -3.71. The molecular formula is C13H17N3O3S.